The molecular formula is C23H29N5O3. The van der Waals surface area contributed by atoms with Gasteiger partial charge in [-0.25, -0.2) is 4.79 Å². The van der Waals surface area contributed by atoms with Crippen LogP contribution in [-0.4, -0.2) is 37.3 Å². The van der Waals surface area contributed by atoms with E-state index in [0.29, 0.717) is 18.3 Å². The Morgan fingerprint density at radius 1 is 1.16 bits per heavy atom. The first kappa shape index (κ1) is 21.1. The van der Waals surface area contributed by atoms with Crippen molar-refractivity contribution in [3.63, 3.8) is 0 Å². The van der Waals surface area contributed by atoms with E-state index in [2.05, 4.69) is 20.5 Å². The average molecular weight is 424 g/mol. The second-order valence-electron chi connectivity index (χ2n) is 8.97. The fraction of sp³-hybridized carbons (Fsp3) is 0.478. The molecule has 2 aromatic heterocycles. The first-order valence-corrected chi connectivity index (χ1v) is 10.8. The molecule has 1 N–H and O–H groups in total. The van der Waals surface area contributed by atoms with Gasteiger partial charge in [0, 0.05) is 24.2 Å². The van der Waals surface area contributed by atoms with E-state index in [0.717, 1.165) is 37.1 Å². The molecule has 8 heteroatoms. The molecule has 1 fully saturated rings. The van der Waals surface area contributed by atoms with Crippen LogP contribution < -0.4 is 10.1 Å². The molecule has 164 valence electrons. The highest BCUT2D eigenvalue weighted by Crippen LogP contribution is 2.32. The summed E-state index contributed by atoms with van der Waals surface area (Å²) >= 11 is 0. The van der Waals surface area contributed by atoms with Gasteiger partial charge in [0.05, 0.1) is 0 Å². The number of rotatable bonds is 5. The number of hydrogen-bond donors (Lipinski definition) is 1. The maximum atomic E-state index is 12.1. The zero-order chi connectivity index (χ0) is 21.8. The lowest BCUT2D eigenvalue weighted by Crippen LogP contribution is -2.41. The summed E-state index contributed by atoms with van der Waals surface area (Å²) < 4.78 is 13.1. The molecule has 1 aliphatic carbocycles. The molecule has 1 amide bonds. The number of carbonyl (C=O) groups excluding carboxylic acids is 1. The molecule has 3 aromatic rings. The lowest BCUT2D eigenvalue weighted by molar-refractivity contribution is 0.0490. The summed E-state index contributed by atoms with van der Waals surface area (Å²) in [6, 6.07) is 11.9. The normalized spacial score (nSPS) is 19.2. The molecule has 1 aliphatic rings. The van der Waals surface area contributed by atoms with Crippen LogP contribution in [0, 0.1) is 0 Å². The number of nitrogens with zero attached hydrogens (tertiary/aromatic N) is 4. The smallest absolute Gasteiger partial charge is 0.407 e. The van der Waals surface area contributed by atoms with Gasteiger partial charge in [0.15, 0.2) is 0 Å². The van der Waals surface area contributed by atoms with Crippen LogP contribution in [0.1, 0.15) is 63.8 Å². The van der Waals surface area contributed by atoms with Crippen molar-refractivity contribution in [2.45, 2.75) is 70.6 Å². The van der Waals surface area contributed by atoms with E-state index in [9.17, 15) is 4.79 Å². The van der Waals surface area contributed by atoms with Gasteiger partial charge in [0.2, 0.25) is 5.88 Å². The quantitative estimate of drug-likeness (QED) is 0.660. The summed E-state index contributed by atoms with van der Waals surface area (Å²) in [5.41, 5.74) is 0.574. The van der Waals surface area contributed by atoms with Crippen molar-refractivity contribution >= 4 is 11.9 Å². The van der Waals surface area contributed by atoms with Crippen LogP contribution in [0.25, 0.3) is 5.78 Å². The molecule has 8 nitrogen and oxygen atoms in total. The van der Waals surface area contributed by atoms with E-state index >= 15 is 0 Å². The minimum Gasteiger partial charge on any atom is -0.473 e. The van der Waals surface area contributed by atoms with E-state index in [-0.39, 0.29) is 18.1 Å². The van der Waals surface area contributed by atoms with Gasteiger partial charge >= 0.3 is 6.09 Å². The van der Waals surface area contributed by atoms with Gasteiger partial charge in [-0.15, -0.1) is 10.2 Å². The molecule has 1 saturated carbocycles. The van der Waals surface area contributed by atoms with Gasteiger partial charge in [-0.1, -0.05) is 36.8 Å². The standard InChI is InChI=1S/C23H29N5O3/c1-23(2,3)31-22(29)24-18-11-7-10-17(14-18)20-26-27-21-25-19(12-13-28(20)21)30-15-16-8-5-4-6-9-16/h4-6,8-9,12-13,17-18H,7,10-11,14-15H2,1-3H3,(H,24,29)/t17-,18+/m0/s1. The van der Waals surface area contributed by atoms with E-state index in [4.69, 9.17) is 9.47 Å². The molecule has 0 radical (unpaired) electrons. The van der Waals surface area contributed by atoms with Gasteiger partial charge in [-0.2, -0.15) is 4.98 Å². The van der Waals surface area contributed by atoms with Gasteiger partial charge in [-0.05, 0) is 45.6 Å². The molecule has 0 bridgehead atoms. The molecule has 0 saturated heterocycles. The maximum absolute atomic E-state index is 12.1. The first-order valence-electron chi connectivity index (χ1n) is 10.8. The lowest BCUT2D eigenvalue weighted by Gasteiger charge is -2.29. The van der Waals surface area contributed by atoms with Crippen LogP contribution in [0.3, 0.4) is 0 Å². The van der Waals surface area contributed by atoms with Gasteiger partial charge in [-0.3, -0.25) is 4.40 Å². The molecule has 0 aliphatic heterocycles. The van der Waals surface area contributed by atoms with Gasteiger partial charge in [0.25, 0.3) is 5.78 Å². The zero-order valence-corrected chi connectivity index (χ0v) is 18.2. The number of alkyl carbamates (subject to hydrolysis) is 1. The summed E-state index contributed by atoms with van der Waals surface area (Å²) in [7, 11) is 0. The monoisotopic (exact) mass is 423 g/mol. The molecular weight excluding hydrogens is 394 g/mol. The Hall–Kier alpha value is -3.16. The Balaban J connectivity index is 1.41. The Morgan fingerprint density at radius 3 is 2.74 bits per heavy atom. The zero-order valence-electron chi connectivity index (χ0n) is 18.2. The van der Waals surface area contributed by atoms with Crippen molar-refractivity contribution < 1.29 is 14.3 Å². The van der Waals surface area contributed by atoms with Gasteiger partial charge in [0.1, 0.15) is 18.0 Å². The number of amides is 1. The van der Waals surface area contributed by atoms with Crippen molar-refractivity contribution in [2.75, 3.05) is 0 Å². The Bertz CT molecular complexity index is 1030. The Labute approximate surface area is 182 Å². The van der Waals surface area contributed by atoms with Crippen LogP contribution in [0.5, 0.6) is 5.88 Å². The minimum atomic E-state index is -0.507. The Morgan fingerprint density at radius 2 is 1.97 bits per heavy atom. The summed E-state index contributed by atoms with van der Waals surface area (Å²) in [5.74, 6) is 2.10. The second kappa shape index (κ2) is 8.91. The van der Waals surface area contributed by atoms with Crippen molar-refractivity contribution in [1.82, 2.24) is 24.9 Å². The molecule has 0 spiro atoms. The predicted octanol–water partition coefficient (Wildman–Crippen LogP) is 4.25. The average Bonchev–Trinajstić information content (AvgIpc) is 3.15. The number of carbonyl (C=O) groups is 1. The maximum Gasteiger partial charge on any atom is 0.407 e. The number of ether oxygens (including phenoxy) is 2. The van der Waals surface area contributed by atoms with E-state index in [1.807, 2.05) is 67.8 Å². The first-order chi connectivity index (χ1) is 14.9. The highest BCUT2D eigenvalue weighted by atomic mass is 16.6. The third-order valence-corrected chi connectivity index (χ3v) is 5.27. The second-order valence-corrected chi connectivity index (χ2v) is 8.97. The third kappa shape index (κ3) is 5.51. The molecule has 31 heavy (non-hydrogen) atoms. The molecule has 1 aromatic carbocycles. The molecule has 4 rings (SSSR count). The van der Waals surface area contributed by atoms with Crippen molar-refractivity contribution in [1.29, 1.82) is 0 Å². The third-order valence-electron chi connectivity index (χ3n) is 5.27. The van der Waals surface area contributed by atoms with Crippen LogP contribution in [0.4, 0.5) is 4.79 Å². The van der Waals surface area contributed by atoms with Crippen molar-refractivity contribution in [3.05, 3.63) is 54.0 Å². The van der Waals surface area contributed by atoms with Crippen LogP contribution in [0.15, 0.2) is 42.6 Å². The van der Waals surface area contributed by atoms with Crippen LogP contribution in [0.2, 0.25) is 0 Å². The summed E-state index contributed by atoms with van der Waals surface area (Å²) in [5, 5.41) is 11.7. The summed E-state index contributed by atoms with van der Waals surface area (Å²) in [6.45, 7) is 6.04. The summed E-state index contributed by atoms with van der Waals surface area (Å²) in [4.78, 5) is 16.6. The predicted molar refractivity (Wildman–Crippen MR) is 116 cm³/mol. The number of benzene rings is 1. The largest absolute Gasteiger partial charge is 0.473 e. The lowest BCUT2D eigenvalue weighted by atomic mass is 9.85. The fourth-order valence-electron chi connectivity index (χ4n) is 3.91. The molecule has 0 unspecified atom stereocenters. The van der Waals surface area contributed by atoms with Crippen LogP contribution >= 0.6 is 0 Å². The highest BCUT2D eigenvalue weighted by molar-refractivity contribution is 5.68. The van der Waals surface area contributed by atoms with E-state index in [1.165, 1.54) is 0 Å². The SMILES string of the molecule is CC(C)(C)OC(=O)N[C@@H]1CCC[C@H](c2nnc3nc(OCc4ccccc4)ccn23)C1. The molecule has 2 atom stereocenters. The highest BCUT2D eigenvalue weighted by Gasteiger charge is 2.29. The van der Waals surface area contributed by atoms with E-state index < -0.39 is 5.60 Å². The number of nitrogens with one attached hydrogen (secondary N) is 1. The van der Waals surface area contributed by atoms with Gasteiger partial charge < -0.3 is 14.8 Å². The van der Waals surface area contributed by atoms with Crippen LogP contribution in [-0.2, 0) is 11.3 Å². The number of fused-ring (bicyclic) bond motifs is 1. The topological polar surface area (TPSA) is 90.6 Å². The van der Waals surface area contributed by atoms with Crippen molar-refractivity contribution in [3.8, 4) is 5.88 Å². The number of hydrogen-bond acceptors (Lipinski definition) is 6. The molecule has 2 heterocycles. The fourth-order valence-corrected chi connectivity index (χ4v) is 3.91. The Kier molecular flexibility index (Phi) is 6.06. The van der Waals surface area contributed by atoms with E-state index in [1.54, 1.807) is 0 Å². The minimum absolute atomic E-state index is 0.0578. The number of aromatic nitrogens is 4. The van der Waals surface area contributed by atoms with Crippen molar-refractivity contribution in [2.24, 2.45) is 0 Å². The summed E-state index contributed by atoms with van der Waals surface area (Å²) in [6.07, 6.45) is 5.27.